The van der Waals surface area contributed by atoms with Crippen molar-refractivity contribution in [3.63, 3.8) is 0 Å². The van der Waals surface area contributed by atoms with E-state index >= 15 is 5.21 Å². The minimum atomic E-state index is -0.889. The average Bonchev–Trinajstić information content (AvgIpc) is 3.25. The van der Waals surface area contributed by atoms with Gasteiger partial charge >= 0.3 is 5.96 Å². The largest absolute Gasteiger partial charge is 0.614 e. The maximum absolute atomic E-state index is 15.5. The van der Waals surface area contributed by atoms with Gasteiger partial charge in [0.25, 0.3) is 0 Å². The molecule has 3 heterocycles. The maximum atomic E-state index is 15.5. The second-order valence-corrected chi connectivity index (χ2v) is 11.9. The van der Waals surface area contributed by atoms with Gasteiger partial charge in [-0.1, -0.05) is 51.1 Å². The molecule has 0 saturated heterocycles. The van der Waals surface area contributed by atoms with Gasteiger partial charge in [-0.3, -0.25) is 9.88 Å². The predicted molar refractivity (Wildman–Crippen MR) is 166 cm³/mol. The van der Waals surface area contributed by atoms with Gasteiger partial charge in [0, 0.05) is 47.8 Å². The number of hydroxylamine groups is 3. The Labute approximate surface area is 247 Å². The Kier molecular flexibility index (Phi) is 8.23. The Bertz CT molecular complexity index is 1600. The zero-order chi connectivity index (χ0) is 30.1. The number of ether oxygens (including phenoxy) is 1. The molecule has 1 atom stereocenters. The number of rotatable bonds is 9. The zero-order valence-electron chi connectivity index (χ0n) is 25.2. The fourth-order valence-corrected chi connectivity index (χ4v) is 5.54. The zero-order valence-corrected chi connectivity index (χ0v) is 25.2. The first-order valence-corrected chi connectivity index (χ1v) is 14.2. The van der Waals surface area contributed by atoms with Crippen LogP contribution in [0.4, 0.5) is 4.39 Å². The van der Waals surface area contributed by atoms with Crippen molar-refractivity contribution in [1.29, 1.82) is 0 Å². The van der Waals surface area contributed by atoms with Gasteiger partial charge in [0.15, 0.2) is 11.4 Å². The summed E-state index contributed by atoms with van der Waals surface area (Å²) in [4.78, 5) is 16.4. The number of guanidine groups is 1. The number of benzene rings is 2. The summed E-state index contributed by atoms with van der Waals surface area (Å²) >= 11 is 0. The molecule has 218 valence electrons. The smallest absolute Gasteiger partial charge is 0.339 e. The Balaban J connectivity index is 1.62. The Hall–Kier alpha value is -3.98. The number of halogens is 1. The van der Waals surface area contributed by atoms with Crippen molar-refractivity contribution in [2.75, 3.05) is 27.2 Å². The van der Waals surface area contributed by atoms with Gasteiger partial charge in [-0.15, -0.1) is 0 Å². The summed E-state index contributed by atoms with van der Waals surface area (Å²) in [5.74, 6) is 0.494. The minimum Gasteiger partial charge on any atom is -0.614 e. The van der Waals surface area contributed by atoms with Crippen LogP contribution in [0.15, 0.2) is 99.9 Å². The molecule has 0 spiro atoms. The van der Waals surface area contributed by atoms with Crippen molar-refractivity contribution in [2.45, 2.75) is 40.5 Å². The Morgan fingerprint density at radius 1 is 1.00 bits per heavy atom. The van der Waals surface area contributed by atoms with Crippen LogP contribution in [-0.2, 0) is 12.8 Å². The molecule has 2 aliphatic rings. The third-order valence-electron chi connectivity index (χ3n) is 7.75. The lowest BCUT2D eigenvalue weighted by molar-refractivity contribution is -0.666. The molecule has 5 rings (SSSR count). The quantitative estimate of drug-likeness (QED) is 0.211. The molecule has 42 heavy (non-hydrogen) atoms. The molecule has 0 radical (unpaired) electrons. The normalized spacial score (nSPS) is 18.8. The highest BCUT2D eigenvalue weighted by molar-refractivity contribution is 6.14. The highest BCUT2D eigenvalue weighted by atomic mass is 19.1. The fraction of sp³-hybridized carbons (Fsp3) is 0.324. The number of quaternary nitrogens is 1. The SMILES string of the molecule is COc1cccc(C2=C(C)C(Cc3ccccc3F)=NC3=NC(C(C)(C)C)=C(CN(C)CCc4ccccn4)[N+]32[O-])c1. The highest BCUT2D eigenvalue weighted by Crippen LogP contribution is 2.48. The van der Waals surface area contributed by atoms with Gasteiger partial charge < -0.3 is 9.94 Å². The van der Waals surface area contributed by atoms with Crippen molar-refractivity contribution < 1.29 is 13.8 Å². The van der Waals surface area contributed by atoms with Crippen LogP contribution < -0.4 is 4.74 Å². The van der Waals surface area contributed by atoms with Crippen LogP contribution in [0.5, 0.6) is 5.75 Å². The summed E-state index contributed by atoms with van der Waals surface area (Å²) in [5, 5.41) is 15.5. The molecule has 3 aromatic rings. The van der Waals surface area contributed by atoms with E-state index in [0.717, 1.165) is 23.4 Å². The molecule has 0 aliphatic carbocycles. The van der Waals surface area contributed by atoms with Gasteiger partial charge in [-0.05, 0) is 55.9 Å². The van der Waals surface area contributed by atoms with Crippen molar-refractivity contribution in [2.24, 2.45) is 15.4 Å². The first-order chi connectivity index (χ1) is 20.0. The second kappa shape index (κ2) is 11.7. The number of aromatic nitrogens is 1. The standard InChI is InChI=1S/C34H38FN5O2/c1-23-29(21-24-12-7-8-16-28(24)35)37-33-38-32(34(2,3)4)30(22-39(5)19-17-26-14-9-10-18-36-26)40(33,41)31(23)25-13-11-15-27(20-25)42-6/h7-16,18,20H,17,19,21-22H2,1-6H3. The number of pyridine rings is 1. The van der Waals surface area contributed by atoms with Crippen LogP contribution >= 0.6 is 0 Å². The van der Waals surface area contributed by atoms with E-state index in [1.54, 1.807) is 25.4 Å². The van der Waals surface area contributed by atoms with Gasteiger partial charge in [-0.2, -0.15) is 9.98 Å². The summed E-state index contributed by atoms with van der Waals surface area (Å²) < 4.78 is 19.4. The predicted octanol–water partition coefficient (Wildman–Crippen LogP) is 6.77. The number of aliphatic imine (C=N–C) groups is 2. The third kappa shape index (κ3) is 5.70. The maximum Gasteiger partial charge on any atom is 0.339 e. The van der Waals surface area contributed by atoms with Gasteiger partial charge in [0.1, 0.15) is 17.3 Å². The Morgan fingerprint density at radius 3 is 2.45 bits per heavy atom. The van der Waals surface area contributed by atoms with Gasteiger partial charge in [-0.25, -0.2) is 9.04 Å². The number of hydrogen-bond donors (Lipinski definition) is 0. The van der Waals surface area contributed by atoms with Gasteiger partial charge in [0.2, 0.25) is 0 Å². The molecule has 0 fully saturated rings. The van der Waals surface area contributed by atoms with Crippen molar-refractivity contribution in [3.05, 3.63) is 118 Å². The molecular weight excluding hydrogens is 529 g/mol. The van der Waals surface area contributed by atoms with Crippen LogP contribution in [0.25, 0.3) is 5.70 Å². The highest BCUT2D eigenvalue weighted by Gasteiger charge is 2.49. The summed E-state index contributed by atoms with van der Waals surface area (Å²) in [6.45, 7) is 9.21. The molecule has 0 N–H and O–H groups in total. The molecule has 0 amide bonds. The molecule has 8 heteroatoms. The van der Waals surface area contributed by atoms with Crippen LogP contribution in [0, 0.1) is 16.4 Å². The first-order valence-electron chi connectivity index (χ1n) is 14.2. The lowest BCUT2D eigenvalue weighted by atomic mass is 9.90. The summed E-state index contributed by atoms with van der Waals surface area (Å²) in [5.41, 5.74) is 5.05. The van der Waals surface area contributed by atoms with E-state index in [2.05, 4.69) is 30.7 Å². The fourth-order valence-electron chi connectivity index (χ4n) is 5.54. The number of allylic oxidation sites excluding steroid dienone is 2. The Morgan fingerprint density at radius 2 is 1.76 bits per heavy atom. The second-order valence-electron chi connectivity index (χ2n) is 11.9. The molecule has 7 nitrogen and oxygen atoms in total. The van der Waals surface area contributed by atoms with Crippen LogP contribution in [0.2, 0.25) is 0 Å². The number of hydrogen-bond acceptors (Lipinski definition) is 6. The molecule has 1 unspecified atom stereocenters. The number of fused-ring (bicyclic) bond motifs is 1. The lowest BCUT2D eigenvalue weighted by Crippen LogP contribution is -2.48. The number of methoxy groups -OCH3 is 1. The molecule has 1 aromatic heterocycles. The van der Waals surface area contributed by atoms with Crippen molar-refractivity contribution in [3.8, 4) is 5.75 Å². The number of nitrogens with zero attached hydrogens (tertiary/aromatic N) is 5. The minimum absolute atomic E-state index is 0.155. The van der Waals surface area contributed by atoms with E-state index in [9.17, 15) is 4.39 Å². The monoisotopic (exact) mass is 567 g/mol. The van der Waals surface area contributed by atoms with Gasteiger partial charge in [0.05, 0.1) is 19.4 Å². The van der Waals surface area contributed by atoms with E-state index in [0.29, 0.717) is 47.1 Å². The summed E-state index contributed by atoms with van der Waals surface area (Å²) in [6.07, 6.45) is 2.79. The van der Waals surface area contributed by atoms with Crippen molar-refractivity contribution >= 4 is 17.4 Å². The van der Waals surface area contributed by atoms with E-state index in [4.69, 9.17) is 14.7 Å². The molecule has 0 saturated carbocycles. The average molecular weight is 568 g/mol. The topological polar surface area (TPSA) is 73.1 Å². The third-order valence-corrected chi connectivity index (χ3v) is 7.75. The molecule has 2 aromatic carbocycles. The molecule has 2 aliphatic heterocycles. The van der Waals surface area contributed by atoms with Crippen LogP contribution in [0.3, 0.4) is 0 Å². The van der Waals surface area contributed by atoms with Crippen LogP contribution in [0.1, 0.15) is 44.5 Å². The van der Waals surface area contributed by atoms with Crippen LogP contribution in [-0.4, -0.2) is 53.4 Å². The van der Waals surface area contributed by atoms with E-state index in [-0.39, 0.29) is 18.2 Å². The van der Waals surface area contributed by atoms with E-state index in [1.165, 1.54) is 6.07 Å². The lowest BCUT2D eigenvalue weighted by Gasteiger charge is -2.44. The summed E-state index contributed by atoms with van der Waals surface area (Å²) in [7, 11) is 3.62. The van der Waals surface area contributed by atoms with E-state index in [1.807, 2.05) is 62.5 Å². The molecular formula is C34H38FN5O2. The first kappa shape index (κ1) is 29.5. The molecule has 0 bridgehead atoms. The summed E-state index contributed by atoms with van der Waals surface area (Å²) in [6, 6.07) is 20.1. The van der Waals surface area contributed by atoms with Crippen molar-refractivity contribution in [1.82, 2.24) is 9.88 Å². The number of likely N-dealkylation sites (N-methyl/N-ethyl adjacent to an activating group) is 1. The van der Waals surface area contributed by atoms with E-state index < -0.39 is 10.1 Å².